The number of amides is 2. The lowest BCUT2D eigenvalue weighted by molar-refractivity contribution is -0.118. The van der Waals surface area contributed by atoms with Crippen LogP contribution in [0.2, 0.25) is 0 Å². The first-order valence-corrected chi connectivity index (χ1v) is 13.4. The second-order valence-electron chi connectivity index (χ2n) is 9.72. The molecule has 220 valence electrons. The van der Waals surface area contributed by atoms with E-state index in [4.69, 9.17) is 5.73 Å². The number of carbonyl (C=O) groups excluding carboxylic acids is 2. The molecule has 2 heterocycles. The van der Waals surface area contributed by atoms with Crippen molar-refractivity contribution in [3.8, 4) is 11.8 Å². The van der Waals surface area contributed by atoms with Crippen LogP contribution < -0.4 is 21.9 Å². The van der Waals surface area contributed by atoms with Crippen molar-refractivity contribution in [3.05, 3.63) is 130 Å². The molecule has 0 aliphatic heterocycles. The molecule has 0 bridgehead atoms. The molecule has 4 N–H and O–H groups in total. The normalized spacial score (nSPS) is 11.3. The van der Waals surface area contributed by atoms with E-state index in [0.717, 1.165) is 28.5 Å². The minimum Gasteiger partial charge on any atom is -0.368 e. The quantitative estimate of drug-likeness (QED) is 0.223. The Bertz CT molecular complexity index is 1970. The maximum atomic E-state index is 13.6. The number of nitrogens with one attached hydrogen (secondary N) is 2. The molecule has 1 atom stereocenters. The van der Waals surface area contributed by atoms with Crippen molar-refractivity contribution in [3.63, 3.8) is 0 Å². The number of anilines is 1. The molecule has 2 amide bonds. The summed E-state index contributed by atoms with van der Waals surface area (Å²) >= 11 is 0. The molecule has 5 aromatic rings. The summed E-state index contributed by atoms with van der Waals surface area (Å²) in [7, 11) is 0. The van der Waals surface area contributed by atoms with Gasteiger partial charge in [-0.15, -0.1) is 0 Å². The van der Waals surface area contributed by atoms with Crippen molar-refractivity contribution in [1.29, 1.82) is 0 Å². The van der Waals surface area contributed by atoms with Crippen LogP contribution in [0, 0.1) is 23.5 Å². The van der Waals surface area contributed by atoms with Gasteiger partial charge in [0.1, 0.15) is 23.8 Å². The van der Waals surface area contributed by atoms with Crippen LogP contribution in [0.4, 0.5) is 14.6 Å². The number of hydrogen-bond donors (Lipinski definition) is 3. The SMILES string of the molecule is NC(=O)[C@@H](Cc1ccccc1)Nc1ncnc2ccc(C#CCNC(=O)c3cncn(Cc4ccc(F)c(F)c4)c3=O)cc12. The zero-order valence-electron chi connectivity index (χ0n) is 23.1. The van der Waals surface area contributed by atoms with Gasteiger partial charge in [0.15, 0.2) is 11.6 Å². The van der Waals surface area contributed by atoms with Gasteiger partial charge in [0.05, 0.1) is 24.9 Å². The largest absolute Gasteiger partial charge is 0.368 e. The predicted molar refractivity (Wildman–Crippen MR) is 159 cm³/mol. The first-order valence-electron chi connectivity index (χ1n) is 13.4. The number of aromatic nitrogens is 4. The van der Waals surface area contributed by atoms with E-state index in [9.17, 15) is 23.2 Å². The third-order valence-corrected chi connectivity index (χ3v) is 6.62. The van der Waals surface area contributed by atoms with Gasteiger partial charge in [0, 0.05) is 23.6 Å². The Morgan fingerprint density at radius 3 is 2.57 bits per heavy atom. The Balaban J connectivity index is 1.27. The van der Waals surface area contributed by atoms with Crippen LogP contribution in [0.15, 0.2) is 90.4 Å². The number of carbonyl (C=O) groups is 2. The van der Waals surface area contributed by atoms with Gasteiger partial charge in [-0.25, -0.2) is 23.7 Å². The Kier molecular flexibility index (Phi) is 8.96. The molecule has 44 heavy (non-hydrogen) atoms. The minimum atomic E-state index is -1.04. The summed E-state index contributed by atoms with van der Waals surface area (Å²) in [4.78, 5) is 50.2. The van der Waals surface area contributed by atoms with Crippen LogP contribution in [0.25, 0.3) is 10.9 Å². The Morgan fingerprint density at radius 1 is 0.977 bits per heavy atom. The Hall–Kier alpha value is -5.96. The predicted octanol–water partition coefficient (Wildman–Crippen LogP) is 2.80. The average molecular weight is 594 g/mol. The topological polar surface area (TPSA) is 145 Å². The first kappa shape index (κ1) is 29.5. The standard InChI is InChI=1S/C32H25F2N7O3/c33-25-10-8-22(14-26(25)34)17-41-19-36-16-24(32(41)44)31(43)37-12-4-7-21-9-11-27-23(13-21)30(39-18-38-27)40-28(29(35)42)15-20-5-2-1-3-6-20/h1-3,5-6,8-11,13-14,16,18-19,28H,12,15,17H2,(H2,35,42)(H,37,43)(H,38,39,40)/t28-/m1/s1. The Labute approximate surface area is 250 Å². The molecule has 0 aliphatic carbocycles. The molecule has 12 heteroatoms. The smallest absolute Gasteiger partial charge is 0.266 e. The maximum absolute atomic E-state index is 13.6. The van der Waals surface area contributed by atoms with Gasteiger partial charge in [-0.1, -0.05) is 48.2 Å². The van der Waals surface area contributed by atoms with Crippen molar-refractivity contribution in [2.45, 2.75) is 19.0 Å². The van der Waals surface area contributed by atoms with Crippen molar-refractivity contribution in [2.75, 3.05) is 11.9 Å². The van der Waals surface area contributed by atoms with E-state index in [0.29, 0.717) is 34.3 Å². The van der Waals surface area contributed by atoms with Crippen LogP contribution in [-0.2, 0) is 17.8 Å². The number of fused-ring (bicyclic) bond motifs is 1. The zero-order valence-corrected chi connectivity index (χ0v) is 23.1. The number of rotatable bonds is 9. The fourth-order valence-electron chi connectivity index (χ4n) is 4.41. The highest BCUT2D eigenvalue weighted by Gasteiger charge is 2.18. The number of halogens is 2. The lowest BCUT2D eigenvalue weighted by Gasteiger charge is -2.17. The summed E-state index contributed by atoms with van der Waals surface area (Å²) in [6.45, 7) is -0.176. The molecule has 3 aromatic carbocycles. The van der Waals surface area contributed by atoms with E-state index in [2.05, 4.69) is 37.4 Å². The molecule has 0 fully saturated rings. The number of benzene rings is 3. The fraction of sp³-hybridized carbons (Fsp3) is 0.125. The highest BCUT2D eigenvalue weighted by molar-refractivity contribution is 5.94. The number of hydrogen-bond acceptors (Lipinski definition) is 7. The second kappa shape index (κ2) is 13.3. The van der Waals surface area contributed by atoms with E-state index in [1.54, 1.807) is 18.2 Å². The molecule has 0 spiro atoms. The van der Waals surface area contributed by atoms with E-state index in [-0.39, 0.29) is 18.7 Å². The number of primary amides is 1. The molecule has 2 aromatic heterocycles. The fourth-order valence-corrected chi connectivity index (χ4v) is 4.41. The molecule has 5 rings (SSSR count). The van der Waals surface area contributed by atoms with E-state index in [1.165, 1.54) is 18.7 Å². The van der Waals surface area contributed by atoms with Gasteiger partial charge < -0.3 is 16.4 Å². The molecule has 0 saturated carbocycles. The number of nitrogens with two attached hydrogens (primary N) is 1. The molecule has 0 radical (unpaired) electrons. The van der Waals surface area contributed by atoms with Crippen molar-refractivity contribution in [2.24, 2.45) is 5.73 Å². The number of nitrogens with zero attached hydrogens (tertiary/aromatic N) is 4. The van der Waals surface area contributed by atoms with Crippen LogP contribution >= 0.6 is 0 Å². The van der Waals surface area contributed by atoms with Gasteiger partial charge in [-0.3, -0.25) is 19.0 Å². The van der Waals surface area contributed by atoms with Crippen molar-refractivity contribution >= 4 is 28.5 Å². The molecular weight excluding hydrogens is 568 g/mol. The highest BCUT2D eigenvalue weighted by Crippen LogP contribution is 2.22. The van der Waals surface area contributed by atoms with E-state index in [1.807, 2.05) is 30.3 Å². The van der Waals surface area contributed by atoms with Crippen LogP contribution in [-0.4, -0.2) is 43.9 Å². The van der Waals surface area contributed by atoms with E-state index >= 15 is 0 Å². The summed E-state index contributed by atoms with van der Waals surface area (Å²) in [5, 5.41) is 6.31. The van der Waals surface area contributed by atoms with Gasteiger partial charge in [-0.05, 0) is 41.5 Å². The highest BCUT2D eigenvalue weighted by atomic mass is 19.2. The van der Waals surface area contributed by atoms with E-state index < -0.39 is 35.0 Å². The zero-order chi connectivity index (χ0) is 31.1. The summed E-state index contributed by atoms with van der Waals surface area (Å²) < 4.78 is 27.9. The molecular formula is C32H25F2N7O3. The minimum absolute atomic E-state index is 0.0778. The van der Waals surface area contributed by atoms with Crippen LogP contribution in [0.1, 0.15) is 27.0 Å². The van der Waals surface area contributed by atoms with Gasteiger partial charge >= 0.3 is 0 Å². The molecule has 10 nitrogen and oxygen atoms in total. The monoisotopic (exact) mass is 593 g/mol. The van der Waals surface area contributed by atoms with Gasteiger partial charge in [0.2, 0.25) is 5.91 Å². The second-order valence-corrected chi connectivity index (χ2v) is 9.72. The van der Waals surface area contributed by atoms with Crippen LogP contribution in [0.5, 0.6) is 0 Å². The van der Waals surface area contributed by atoms with Crippen molar-refractivity contribution in [1.82, 2.24) is 24.8 Å². The van der Waals surface area contributed by atoms with Crippen LogP contribution in [0.3, 0.4) is 0 Å². The first-order chi connectivity index (χ1) is 21.3. The summed E-state index contributed by atoms with van der Waals surface area (Å²) in [6, 6.07) is 17.3. The molecule has 0 saturated heterocycles. The lowest BCUT2D eigenvalue weighted by atomic mass is 10.0. The molecule has 0 unspecified atom stereocenters. The lowest BCUT2D eigenvalue weighted by Crippen LogP contribution is -2.37. The summed E-state index contributed by atoms with van der Waals surface area (Å²) in [5.41, 5.74) is 7.28. The van der Waals surface area contributed by atoms with Gasteiger partial charge in [-0.2, -0.15) is 0 Å². The third-order valence-electron chi connectivity index (χ3n) is 6.62. The van der Waals surface area contributed by atoms with Gasteiger partial charge in [0.25, 0.3) is 11.5 Å². The molecule has 0 aliphatic rings. The summed E-state index contributed by atoms with van der Waals surface area (Å²) in [6.07, 6.45) is 4.09. The maximum Gasteiger partial charge on any atom is 0.266 e. The Morgan fingerprint density at radius 2 is 1.80 bits per heavy atom. The average Bonchev–Trinajstić information content (AvgIpc) is 3.02. The third kappa shape index (κ3) is 7.08. The summed E-state index contributed by atoms with van der Waals surface area (Å²) in [5.74, 6) is 2.95. The van der Waals surface area contributed by atoms with Crippen molar-refractivity contribution < 1.29 is 18.4 Å².